The fourth-order valence-electron chi connectivity index (χ4n) is 3.15. The normalized spacial score (nSPS) is 25.8. The van der Waals surface area contributed by atoms with Gasteiger partial charge in [-0.25, -0.2) is 0 Å². The van der Waals surface area contributed by atoms with E-state index in [1.54, 1.807) is 0 Å². The van der Waals surface area contributed by atoms with E-state index in [4.69, 9.17) is 14.6 Å². The quantitative estimate of drug-likeness (QED) is 0.867. The van der Waals surface area contributed by atoms with Crippen LogP contribution in [0.15, 0.2) is 6.20 Å². The molecule has 3 rings (SSSR count). The number of ether oxygens (including phenoxy) is 2. The van der Waals surface area contributed by atoms with Crippen LogP contribution >= 0.6 is 0 Å². The van der Waals surface area contributed by atoms with Gasteiger partial charge in [0.1, 0.15) is 0 Å². The summed E-state index contributed by atoms with van der Waals surface area (Å²) in [4.78, 5) is 0. The standard InChI is InChI=1S/C15H25N3O3/c1-15(2)20-9-11(10-21-15)17-13-4-3-5-14-12(13)8-16-18(14)6-7-19/h8,11,13,17,19H,3-7,9-10H2,1-2H3. The largest absolute Gasteiger partial charge is 0.394 e. The number of nitrogens with one attached hydrogen (secondary N) is 1. The second kappa shape index (κ2) is 6.04. The Morgan fingerprint density at radius 3 is 2.90 bits per heavy atom. The highest BCUT2D eigenvalue weighted by Crippen LogP contribution is 2.30. The molecule has 0 amide bonds. The summed E-state index contributed by atoms with van der Waals surface area (Å²) in [6, 6.07) is 0.523. The summed E-state index contributed by atoms with van der Waals surface area (Å²) in [5.74, 6) is -0.470. The van der Waals surface area contributed by atoms with Crippen molar-refractivity contribution in [2.45, 2.75) is 57.5 Å². The summed E-state index contributed by atoms with van der Waals surface area (Å²) in [6.07, 6.45) is 5.23. The molecule has 1 atom stereocenters. The third-order valence-corrected chi connectivity index (χ3v) is 4.28. The molecule has 1 aromatic rings. The van der Waals surface area contributed by atoms with Crippen LogP contribution in [0.25, 0.3) is 0 Å². The molecule has 0 saturated carbocycles. The molecule has 0 radical (unpaired) electrons. The molecule has 2 aliphatic rings. The van der Waals surface area contributed by atoms with Gasteiger partial charge in [-0.3, -0.25) is 4.68 Å². The maximum Gasteiger partial charge on any atom is 0.162 e. The lowest BCUT2D eigenvalue weighted by Crippen LogP contribution is -2.49. The molecule has 6 nitrogen and oxygen atoms in total. The first-order valence-corrected chi connectivity index (χ1v) is 7.78. The minimum atomic E-state index is -0.470. The van der Waals surface area contributed by atoms with E-state index in [1.807, 2.05) is 24.7 Å². The maximum atomic E-state index is 9.11. The molecular formula is C15H25N3O3. The summed E-state index contributed by atoms with van der Waals surface area (Å²) < 4.78 is 13.4. The van der Waals surface area contributed by atoms with Gasteiger partial charge < -0.3 is 19.9 Å². The van der Waals surface area contributed by atoms with E-state index >= 15 is 0 Å². The molecule has 1 aliphatic carbocycles. The molecule has 118 valence electrons. The van der Waals surface area contributed by atoms with Crippen molar-refractivity contribution in [2.24, 2.45) is 0 Å². The summed E-state index contributed by atoms with van der Waals surface area (Å²) in [5.41, 5.74) is 2.52. The Morgan fingerprint density at radius 1 is 1.43 bits per heavy atom. The monoisotopic (exact) mass is 295 g/mol. The Balaban J connectivity index is 1.66. The van der Waals surface area contributed by atoms with Crippen LogP contribution in [0.4, 0.5) is 0 Å². The molecule has 21 heavy (non-hydrogen) atoms. The van der Waals surface area contributed by atoms with Gasteiger partial charge in [0, 0.05) is 17.3 Å². The van der Waals surface area contributed by atoms with Gasteiger partial charge in [-0.05, 0) is 33.1 Å². The molecule has 1 aliphatic heterocycles. The highest BCUT2D eigenvalue weighted by molar-refractivity contribution is 5.25. The fourth-order valence-corrected chi connectivity index (χ4v) is 3.15. The van der Waals surface area contributed by atoms with Crippen LogP contribution in [0.1, 0.15) is 44.0 Å². The van der Waals surface area contributed by atoms with Crippen LogP contribution in [-0.4, -0.2) is 46.5 Å². The van der Waals surface area contributed by atoms with E-state index in [9.17, 15) is 0 Å². The Hall–Kier alpha value is -0.950. The Labute approximate surface area is 125 Å². The van der Waals surface area contributed by atoms with Crippen molar-refractivity contribution in [3.8, 4) is 0 Å². The molecule has 2 heterocycles. The van der Waals surface area contributed by atoms with E-state index in [0.29, 0.717) is 25.8 Å². The maximum absolute atomic E-state index is 9.11. The van der Waals surface area contributed by atoms with E-state index in [0.717, 1.165) is 19.3 Å². The Kier molecular flexibility index (Phi) is 4.31. The zero-order chi connectivity index (χ0) is 14.9. The van der Waals surface area contributed by atoms with Gasteiger partial charge in [-0.15, -0.1) is 0 Å². The van der Waals surface area contributed by atoms with Crippen molar-refractivity contribution in [1.82, 2.24) is 15.1 Å². The number of aliphatic hydroxyl groups excluding tert-OH is 1. The first kappa shape index (κ1) is 15.0. The molecule has 0 aromatic carbocycles. The molecule has 1 saturated heterocycles. The SMILES string of the molecule is CC1(C)OCC(NC2CCCc3c2cnn3CCO)CO1. The Bertz CT molecular complexity index is 477. The molecule has 2 N–H and O–H groups in total. The minimum absolute atomic E-state index is 0.131. The lowest BCUT2D eigenvalue weighted by Gasteiger charge is -2.37. The highest BCUT2D eigenvalue weighted by Gasteiger charge is 2.31. The smallest absolute Gasteiger partial charge is 0.162 e. The third kappa shape index (κ3) is 3.29. The number of aliphatic hydroxyl groups is 1. The third-order valence-electron chi connectivity index (χ3n) is 4.28. The van der Waals surface area contributed by atoms with Gasteiger partial charge in [0.25, 0.3) is 0 Å². The average molecular weight is 295 g/mol. The van der Waals surface area contributed by atoms with Crippen LogP contribution in [0.3, 0.4) is 0 Å². The summed E-state index contributed by atoms with van der Waals surface area (Å²) in [6.45, 7) is 5.94. The second-order valence-electron chi connectivity index (χ2n) is 6.32. The van der Waals surface area contributed by atoms with Crippen LogP contribution in [0.2, 0.25) is 0 Å². The molecular weight excluding hydrogens is 270 g/mol. The van der Waals surface area contributed by atoms with Crippen molar-refractivity contribution in [3.05, 3.63) is 17.5 Å². The summed E-state index contributed by atoms with van der Waals surface area (Å²) >= 11 is 0. The predicted molar refractivity (Wildman–Crippen MR) is 77.9 cm³/mol. The topological polar surface area (TPSA) is 68.5 Å². The molecule has 1 unspecified atom stereocenters. The highest BCUT2D eigenvalue weighted by atomic mass is 16.7. The van der Waals surface area contributed by atoms with E-state index < -0.39 is 5.79 Å². The van der Waals surface area contributed by atoms with Crippen LogP contribution in [0, 0.1) is 0 Å². The predicted octanol–water partition coefficient (Wildman–Crippen LogP) is 0.994. The first-order valence-electron chi connectivity index (χ1n) is 7.78. The number of fused-ring (bicyclic) bond motifs is 1. The molecule has 1 aromatic heterocycles. The van der Waals surface area contributed by atoms with Crippen LogP contribution in [-0.2, 0) is 22.4 Å². The zero-order valence-corrected chi connectivity index (χ0v) is 12.8. The number of hydrogen-bond donors (Lipinski definition) is 2. The van der Waals surface area contributed by atoms with Gasteiger partial charge in [-0.2, -0.15) is 5.10 Å². The minimum Gasteiger partial charge on any atom is -0.394 e. The summed E-state index contributed by atoms with van der Waals surface area (Å²) in [5, 5.41) is 17.2. The molecule has 0 bridgehead atoms. The van der Waals surface area contributed by atoms with Crippen molar-refractivity contribution in [1.29, 1.82) is 0 Å². The molecule has 1 fully saturated rings. The van der Waals surface area contributed by atoms with Crippen molar-refractivity contribution in [3.63, 3.8) is 0 Å². The van der Waals surface area contributed by atoms with Crippen molar-refractivity contribution < 1.29 is 14.6 Å². The van der Waals surface area contributed by atoms with Crippen molar-refractivity contribution >= 4 is 0 Å². The number of aromatic nitrogens is 2. The number of hydrogen-bond acceptors (Lipinski definition) is 5. The average Bonchev–Trinajstić information content (AvgIpc) is 2.86. The first-order chi connectivity index (χ1) is 10.1. The lowest BCUT2D eigenvalue weighted by molar-refractivity contribution is -0.253. The van der Waals surface area contributed by atoms with Gasteiger partial charge in [0.05, 0.1) is 38.6 Å². The summed E-state index contributed by atoms with van der Waals surface area (Å²) in [7, 11) is 0. The van der Waals surface area contributed by atoms with Gasteiger partial charge in [0.2, 0.25) is 0 Å². The van der Waals surface area contributed by atoms with Crippen LogP contribution < -0.4 is 5.32 Å². The second-order valence-corrected chi connectivity index (χ2v) is 6.32. The van der Waals surface area contributed by atoms with Crippen LogP contribution in [0.5, 0.6) is 0 Å². The van der Waals surface area contributed by atoms with E-state index in [-0.39, 0.29) is 12.6 Å². The van der Waals surface area contributed by atoms with E-state index in [2.05, 4.69) is 10.4 Å². The van der Waals surface area contributed by atoms with Crippen molar-refractivity contribution in [2.75, 3.05) is 19.8 Å². The molecule has 0 spiro atoms. The fraction of sp³-hybridized carbons (Fsp3) is 0.800. The van der Waals surface area contributed by atoms with Gasteiger partial charge in [0.15, 0.2) is 5.79 Å². The van der Waals surface area contributed by atoms with Gasteiger partial charge >= 0.3 is 0 Å². The number of nitrogens with zero attached hydrogens (tertiary/aromatic N) is 2. The lowest BCUT2D eigenvalue weighted by atomic mass is 9.92. The van der Waals surface area contributed by atoms with E-state index in [1.165, 1.54) is 11.3 Å². The zero-order valence-electron chi connectivity index (χ0n) is 12.8. The van der Waals surface area contributed by atoms with Gasteiger partial charge in [-0.1, -0.05) is 0 Å². The number of rotatable bonds is 4. The molecule has 6 heteroatoms. The Morgan fingerprint density at radius 2 is 2.19 bits per heavy atom.